The van der Waals surface area contributed by atoms with Crippen LogP contribution in [0.5, 0.6) is 0 Å². The summed E-state index contributed by atoms with van der Waals surface area (Å²) in [6, 6.07) is 7.96. The van der Waals surface area contributed by atoms with E-state index in [-0.39, 0.29) is 11.9 Å². The number of aromatic nitrogens is 4. The Kier molecular flexibility index (Phi) is 5.96. The summed E-state index contributed by atoms with van der Waals surface area (Å²) in [5.41, 5.74) is 0.909. The predicted octanol–water partition coefficient (Wildman–Crippen LogP) is 2.05. The molecule has 10 heteroatoms. The topological polar surface area (TPSA) is 111 Å². The van der Waals surface area contributed by atoms with Crippen LogP contribution in [0.1, 0.15) is 18.5 Å². The second-order valence-corrected chi connectivity index (χ2v) is 6.98. The lowest BCUT2D eigenvalue weighted by Gasteiger charge is -2.32. The van der Waals surface area contributed by atoms with Crippen molar-refractivity contribution in [2.75, 3.05) is 35.2 Å². The first-order valence-electron chi connectivity index (χ1n) is 9.67. The van der Waals surface area contributed by atoms with Crippen molar-refractivity contribution >= 4 is 23.4 Å². The summed E-state index contributed by atoms with van der Waals surface area (Å²) < 4.78 is 13.2. The molecule has 1 unspecified atom stereocenters. The van der Waals surface area contributed by atoms with E-state index in [2.05, 4.69) is 35.9 Å². The molecule has 9 nitrogen and oxygen atoms in total. The third-order valence-electron chi connectivity index (χ3n) is 4.73. The van der Waals surface area contributed by atoms with Crippen LogP contribution in [-0.4, -0.2) is 50.9 Å². The van der Waals surface area contributed by atoms with Gasteiger partial charge < -0.3 is 20.6 Å². The minimum absolute atomic E-state index is 0.140. The molecule has 2 atom stereocenters. The summed E-state index contributed by atoms with van der Waals surface area (Å²) in [5.74, 6) is 1.90. The molecule has 4 rings (SSSR count). The molecule has 4 N–H and O–H groups in total. The third-order valence-corrected chi connectivity index (χ3v) is 4.73. The first-order valence-corrected chi connectivity index (χ1v) is 9.67. The number of nitrogens with zero attached hydrogens (tertiary/aromatic N) is 5. The number of anilines is 4. The fourth-order valence-corrected chi connectivity index (χ4v) is 3.19. The van der Waals surface area contributed by atoms with Gasteiger partial charge in [0.05, 0.1) is 18.8 Å². The van der Waals surface area contributed by atoms with Gasteiger partial charge in [-0.2, -0.15) is 9.97 Å². The molecule has 30 heavy (non-hydrogen) atoms. The van der Waals surface area contributed by atoms with Gasteiger partial charge >= 0.3 is 0 Å². The van der Waals surface area contributed by atoms with Crippen LogP contribution in [0.25, 0.3) is 0 Å². The molecule has 0 aliphatic carbocycles. The zero-order valence-corrected chi connectivity index (χ0v) is 16.5. The maximum absolute atomic E-state index is 13.2. The lowest BCUT2D eigenvalue weighted by molar-refractivity contribution is 0.131. The highest BCUT2D eigenvalue weighted by molar-refractivity contribution is 5.59. The van der Waals surface area contributed by atoms with Gasteiger partial charge in [-0.1, -0.05) is 12.1 Å². The smallest absolute Gasteiger partial charge is 0.227 e. The summed E-state index contributed by atoms with van der Waals surface area (Å²) in [6.07, 6.45) is 4.16. The van der Waals surface area contributed by atoms with E-state index in [0.717, 1.165) is 5.56 Å². The van der Waals surface area contributed by atoms with Gasteiger partial charge in [0.1, 0.15) is 29.5 Å². The van der Waals surface area contributed by atoms with E-state index in [4.69, 9.17) is 0 Å². The molecule has 2 aromatic heterocycles. The van der Waals surface area contributed by atoms with Crippen LogP contribution in [0.2, 0.25) is 0 Å². The number of aliphatic hydroxyl groups excluding tert-OH is 1. The van der Waals surface area contributed by atoms with Gasteiger partial charge in [-0.15, -0.1) is 0 Å². The van der Waals surface area contributed by atoms with Crippen molar-refractivity contribution in [2.45, 2.75) is 19.2 Å². The number of hydrogen-bond acceptors (Lipinski definition) is 9. The Morgan fingerprint density at radius 3 is 2.77 bits per heavy atom. The maximum Gasteiger partial charge on any atom is 0.227 e. The number of β-amino-alcohol motifs (C(OH)–C–C–N with tert-alkyl or cyclic N) is 1. The lowest BCUT2D eigenvalue weighted by Crippen LogP contribution is -2.51. The number of nitrogens with one attached hydrogen (secondary N) is 3. The summed E-state index contributed by atoms with van der Waals surface area (Å²) in [7, 11) is 0. The molecular formula is C20H23FN8O. The summed E-state index contributed by atoms with van der Waals surface area (Å²) in [4.78, 5) is 19.4. The SMILES string of the molecule is CC(Nc1nc(Nc2cnccn2)cc(N2CCN[C@@H](O)C2)n1)c1ccc(F)cc1. The minimum atomic E-state index is -0.625. The molecule has 1 saturated heterocycles. The van der Waals surface area contributed by atoms with E-state index in [0.29, 0.717) is 43.0 Å². The quantitative estimate of drug-likeness (QED) is 0.485. The molecule has 0 bridgehead atoms. The number of piperazine rings is 1. The van der Waals surface area contributed by atoms with Crippen molar-refractivity contribution in [3.8, 4) is 0 Å². The van der Waals surface area contributed by atoms with Crippen molar-refractivity contribution in [3.63, 3.8) is 0 Å². The zero-order valence-electron chi connectivity index (χ0n) is 16.5. The van der Waals surface area contributed by atoms with E-state index in [9.17, 15) is 9.50 Å². The van der Waals surface area contributed by atoms with Gasteiger partial charge in [-0.3, -0.25) is 10.3 Å². The van der Waals surface area contributed by atoms with Gasteiger partial charge in [0.15, 0.2) is 0 Å². The van der Waals surface area contributed by atoms with Crippen LogP contribution >= 0.6 is 0 Å². The maximum atomic E-state index is 13.2. The number of benzene rings is 1. The molecule has 3 heterocycles. The highest BCUT2D eigenvalue weighted by Crippen LogP contribution is 2.24. The van der Waals surface area contributed by atoms with E-state index >= 15 is 0 Å². The van der Waals surface area contributed by atoms with Crippen LogP contribution in [0.4, 0.5) is 27.8 Å². The number of hydrogen-bond donors (Lipinski definition) is 4. The first kappa shape index (κ1) is 19.9. The van der Waals surface area contributed by atoms with E-state index in [1.165, 1.54) is 12.1 Å². The zero-order chi connectivity index (χ0) is 20.9. The van der Waals surface area contributed by atoms with Crippen molar-refractivity contribution < 1.29 is 9.50 Å². The standard InChI is InChI=1S/C20H23FN8O/c1-13(14-2-4-15(21)5-3-14)25-20-27-16(26-17-11-22-6-7-23-17)10-18(28-20)29-9-8-24-19(30)12-29/h2-7,10-11,13,19,24,30H,8-9,12H2,1H3,(H2,23,25,26,27,28)/t13?,19-/m0/s1. The molecule has 1 aliphatic heterocycles. The van der Waals surface area contributed by atoms with Crippen molar-refractivity contribution in [1.29, 1.82) is 0 Å². The first-order chi connectivity index (χ1) is 14.6. The van der Waals surface area contributed by atoms with Crippen LogP contribution in [-0.2, 0) is 0 Å². The van der Waals surface area contributed by atoms with Crippen LogP contribution in [0.15, 0.2) is 48.9 Å². The Labute approximate surface area is 173 Å². The number of aliphatic hydroxyl groups is 1. The molecule has 3 aromatic rings. The fourth-order valence-electron chi connectivity index (χ4n) is 3.19. The number of rotatable bonds is 6. The molecule has 0 amide bonds. The molecule has 1 fully saturated rings. The molecule has 0 spiro atoms. The predicted molar refractivity (Wildman–Crippen MR) is 112 cm³/mol. The van der Waals surface area contributed by atoms with Crippen molar-refractivity contribution in [3.05, 3.63) is 60.3 Å². The van der Waals surface area contributed by atoms with Gasteiger partial charge in [-0.25, -0.2) is 9.37 Å². The van der Waals surface area contributed by atoms with E-state index in [1.54, 1.807) is 36.8 Å². The van der Waals surface area contributed by atoms with E-state index < -0.39 is 6.23 Å². The van der Waals surface area contributed by atoms with Gasteiger partial charge in [0.25, 0.3) is 0 Å². The van der Waals surface area contributed by atoms with Crippen LogP contribution in [0, 0.1) is 5.82 Å². The summed E-state index contributed by atoms with van der Waals surface area (Å²) in [5, 5.41) is 19.4. The Morgan fingerprint density at radius 1 is 1.20 bits per heavy atom. The van der Waals surface area contributed by atoms with Gasteiger partial charge in [0, 0.05) is 31.5 Å². The summed E-state index contributed by atoms with van der Waals surface area (Å²) >= 11 is 0. The fraction of sp³-hybridized carbons (Fsp3) is 0.300. The number of halogens is 1. The van der Waals surface area contributed by atoms with Crippen LogP contribution in [0.3, 0.4) is 0 Å². The second kappa shape index (κ2) is 8.97. The molecule has 1 aromatic carbocycles. The molecule has 156 valence electrons. The molecule has 1 aliphatic rings. The molecule has 0 saturated carbocycles. The van der Waals surface area contributed by atoms with Gasteiger partial charge in [-0.05, 0) is 24.6 Å². The second-order valence-electron chi connectivity index (χ2n) is 6.98. The Bertz CT molecular complexity index is 972. The summed E-state index contributed by atoms with van der Waals surface area (Å²) in [6.45, 7) is 3.71. The largest absolute Gasteiger partial charge is 0.377 e. The van der Waals surface area contributed by atoms with Crippen molar-refractivity contribution in [1.82, 2.24) is 25.3 Å². The normalized spacial score (nSPS) is 17.4. The monoisotopic (exact) mass is 410 g/mol. The van der Waals surface area contributed by atoms with Crippen molar-refractivity contribution in [2.24, 2.45) is 0 Å². The Balaban J connectivity index is 1.61. The lowest BCUT2D eigenvalue weighted by atomic mass is 10.1. The Hall–Kier alpha value is -3.37. The minimum Gasteiger partial charge on any atom is -0.377 e. The Morgan fingerprint density at radius 2 is 2.03 bits per heavy atom. The van der Waals surface area contributed by atoms with Gasteiger partial charge in [0.2, 0.25) is 5.95 Å². The highest BCUT2D eigenvalue weighted by Gasteiger charge is 2.20. The molecular weight excluding hydrogens is 387 g/mol. The average Bonchev–Trinajstić information content (AvgIpc) is 2.75. The molecule has 0 radical (unpaired) electrons. The van der Waals surface area contributed by atoms with Crippen LogP contribution < -0.4 is 20.9 Å². The third kappa shape index (κ3) is 4.97. The highest BCUT2D eigenvalue weighted by atomic mass is 19.1. The average molecular weight is 410 g/mol. The van der Waals surface area contributed by atoms with E-state index in [1.807, 2.05) is 11.8 Å².